The molecule has 0 saturated carbocycles. The van der Waals surface area contributed by atoms with Gasteiger partial charge in [-0.1, -0.05) is 20.8 Å². The fourth-order valence-electron chi connectivity index (χ4n) is 1.35. The minimum atomic E-state index is -0.372. The zero-order valence-electron chi connectivity index (χ0n) is 9.49. The van der Waals surface area contributed by atoms with Crippen molar-refractivity contribution in [2.24, 2.45) is 12.5 Å². The summed E-state index contributed by atoms with van der Waals surface area (Å²) in [4.78, 5) is 0. The predicted molar refractivity (Wildman–Crippen MR) is 56.9 cm³/mol. The van der Waals surface area contributed by atoms with E-state index in [4.69, 9.17) is 0 Å². The minimum Gasteiger partial charge on any atom is -0.388 e. The van der Waals surface area contributed by atoms with Crippen molar-refractivity contribution in [2.45, 2.75) is 39.7 Å². The monoisotopic (exact) mass is 196 g/mol. The zero-order valence-corrected chi connectivity index (χ0v) is 9.49. The Kier molecular flexibility index (Phi) is 3.32. The molecule has 1 unspecified atom stereocenters. The maximum absolute atomic E-state index is 9.84. The molecule has 0 bridgehead atoms. The number of aromatic nitrogens is 2. The summed E-state index contributed by atoms with van der Waals surface area (Å²) in [6, 6.07) is 0. The van der Waals surface area contributed by atoms with Crippen molar-refractivity contribution >= 4 is 0 Å². The second-order valence-electron chi connectivity index (χ2n) is 5.06. The van der Waals surface area contributed by atoms with Crippen molar-refractivity contribution in [2.75, 3.05) is 0 Å². The van der Waals surface area contributed by atoms with Crippen LogP contribution in [0, 0.1) is 5.41 Å². The lowest BCUT2D eigenvalue weighted by atomic mass is 9.88. The first-order valence-electron chi connectivity index (χ1n) is 5.05. The van der Waals surface area contributed by atoms with E-state index < -0.39 is 0 Å². The summed E-state index contributed by atoms with van der Waals surface area (Å²) < 4.78 is 1.72. The van der Waals surface area contributed by atoms with Gasteiger partial charge in [0.15, 0.2) is 0 Å². The number of aliphatic hydroxyl groups is 1. The summed E-state index contributed by atoms with van der Waals surface area (Å²) in [5.74, 6) is 0. The van der Waals surface area contributed by atoms with Crippen molar-refractivity contribution < 1.29 is 5.11 Å². The lowest BCUT2D eigenvalue weighted by Gasteiger charge is -2.19. The average molecular weight is 196 g/mol. The van der Waals surface area contributed by atoms with Gasteiger partial charge in [0.1, 0.15) is 0 Å². The third kappa shape index (κ3) is 3.50. The molecule has 1 heterocycles. The molecule has 0 spiro atoms. The molecule has 3 heteroatoms. The molecule has 1 atom stereocenters. The number of hydrogen-bond donors (Lipinski definition) is 1. The van der Waals surface area contributed by atoms with E-state index in [-0.39, 0.29) is 11.5 Å². The Morgan fingerprint density at radius 3 is 2.57 bits per heavy atom. The van der Waals surface area contributed by atoms with Crippen LogP contribution in [0.5, 0.6) is 0 Å². The standard InChI is InChI=1S/C11H20N2O/c1-11(2,3)6-5-10(14)9-7-12-13(4)8-9/h7-8,10,14H,5-6H2,1-4H3. The van der Waals surface area contributed by atoms with Gasteiger partial charge in [-0.2, -0.15) is 5.10 Å². The lowest BCUT2D eigenvalue weighted by molar-refractivity contribution is 0.147. The van der Waals surface area contributed by atoms with Crippen LogP contribution in [0.25, 0.3) is 0 Å². The van der Waals surface area contributed by atoms with Crippen LogP contribution in [-0.2, 0) is 7.05 Å². The summed E-state index contributed by atoms with van der Waals surface area (Å²) >= 11 is 0. The Morgan fingerprint density at radius 2 is 2.14 bits per heavy atom. The highest BCUT2D eigenvalue weighted by Gasteiger charge is 2.15. The highest BCUT2D eigenvalue weighted by molar-refractivity contribution is 5.07. The maximum Gasteiger partial charge on any atom is 0.0820 e. The van der Waals surface area contributed by atoms with E-state index in [2.05, 4.69) is 25.9 Å². The van der Waals surface area contributed by atoms with Crippen molar-refractivity contribution in [3.05, 3.63) is 18.0 Å². The number of aryl methyl sites for hydroxylation is 1. The van der Waals surface area contributed by atoms with E-state index in [1.807, 2.05) is 13.2 Å². The summed E-state index contributed by atoms with van der Waals surface area (Å²) in [5.41, 5.74) is 1.19. The highest BCUT2D eigenvalue weighted by Crippen LogP contribution is 2.26. The third-order valence-electron chi connectivity index (χ3n) is 2.28. The maximum atomic E-state index is 9.84. The first kappa shape index (κ1) is 11.2. The number of hydrogen-bond acceptors (Lipinski definition) is 2. The van der Waals surface area contributed by atoms with Crippen LogP contribution in [0.4, 0.5) is 0 Å². The van der Waals surface area contributed by atoms with Crippen LogP contribution in [0.3, 0.4) is 0 Å². The van der Waals surface area contributed by atoms with Crippen LogP contribution in [0.1, 0.15) is 45.3 Å². The third-order valence-corrected chi connectivity index (χ3v) is 2.28. The summed E-state index contributed by atoms with van der Waals surface area (Å²) in [5, 5.41) is 13.9. The fraction of sp³-hybridized carbons (Fsp3) is 0.727. The minimum absolute atomic E-state index is 0.281. The van der Waals surface area contributed by atoms with Crippen LogP contribution < -0.4 is 0 Å². The molecule has 1 rings (SSSR count). The van der Waals surface area contributed by atoms with Crippen LogP contribution in [-0.4, -0.2) is 14.9 Å². The predicted octanol–water partition coefficient (Wildman–Crippen LogP) is 2.28. The van der Waals surface area contributed by atoms with Gasteiger partial charge in [0.2, 0.25) is 0 Å². The Labute approximate surface area is 85.8 Å². The first-order valence-corrected chi connectivity index (χ1v) is 5.05. The van der Waals surface area contributed by atoms with Crippen LogP contribution >= 0.6 is 0 Å². The molecule has 0 saturated heterocycles. The molecule has 1 aromatic rings. The molecule has 0 amide bonds. The van der Waals surface area contributed by atoms with Gasteiger partial charge in [-0.05, 0) is 18.3 Å². The van der Waals surface area contributed by atoms with Crippen LogP contribution in [0.2, 0.25) is 0 Å². The molecule has 0 fully saturated rings. The van der Waals surface area contributed by atoms with Gasteiger partial charge in [-0.25, -0.2) is 0 Å². The number of aliphatic hydroxyl groups excluding tert-OH is 1. The van der Waals surface area contributed by atoms with Crippen molar-refractivity contribution in [3.63, 3.8) is 0 Å². The molecule has 0 aliphatic heterocycles. The molecule has 14 heavy (non-hydrogen) atoms. The Morgan fingerprint density at radius 1 is 1.50 bits per heavy atom. The van der Waals surface area contributed by atoms with E-state index in [1.54, 1.807) is 10.9 Å². The molecular formula is C11H20N2O. The van der Waals surface area contributed by atoms with Gasteiger partial charge < -0.3 is 5.11 Å². The fourth-order valence-corrected chi connectivity index (χ4v) is 1.35. The molecule has 80 valence electrons. The first-order chi connectivity index (χ1) is 6.38. The molecule has 0 aromatic carbocycles. The van der Waals surface area contributed by atoms with E-state index in [0.29, 0.717) is 0 Å². The quantitative estimate of drug-likeness (QED) is 0.805. The van der Waals surface area contributed by atoms with E-state index in [9.17, 15) is 5.11 Å². The van der Waals surface area contributed by atoms with Gasteiger partial charge >= 0.3 is 0 Å². The van der Waals surface area contributed by atoms with Gasteiger partial charge in [0.05, 0.1) is 12.3 Å². The Hall–Kier alpha value is -0.830. The number of rotatable bonds is 3. The van der Waals surface area contributed by atoms with Gasteiger partial charge in [-0.3, -0.25) is 4.68 Å². The van der Waals surface area contributed by atoms with Crippen LogP contribution in [0.15, 0.2) is 12.4 Å². The SMILES string of the molecule is Cn1cc(C(O)CCC(C)(C)C)cn1. The molecule has 0 radical (unpaired) electrons. The normalized spacial score (nSPS) is 14.4. The molecule has 3 nitrogen and oxygen atoms in total. The number of nitrogens with zero attached hydrogens (tertiary/aromatic N) is 2. The van der Waals surface area contributed by atoms with Gasteiger partial charge in [-0.15, -0.1) is 0 Å². The summed E-state index contributed by atoms with van der Waals surface area (Å²) in [7, 11) is 1.86. The largest absolute Gasteiger partial charge is 0.388 e. The topological polar surface area (TPSA) is 38.0 Å². The van der Waals surface area contributed by atoms with E-state index in [1.165, 1.54) is 0 Å². The second-order valence-corrected chi connectivity index (χ2v) is 5.06. The molecule has 0 aliphatic rings. The van der Waals surface area contributed by atoms with Crippen molar-refractivity contribution in [3.8, 4) is 0 Å². The van der Waals surface area contributed by atoms with Gasteiger partial charge in [0.25, 0.3) is 0 Å². The summed E-state index contributed by atoms with van der Waals surface area (Å²) in [6.45, 7) is 6.55. The Bertz CT molecular complexity index is 286. The molecule has 1 aromatic heterocycles. The van der Waals surface area contributed by atoms with Crippen molar-refractivity contribution in [1.82, 2.24) is 9.78 Å². The molecule has 1 N–H and O–H groups in total. The lowest BCUT2D eigenvalue weighted by Crippen LogP contribution is -2.07. The highest BCUT2D eigenvalue weighted by atomic mass is 16.3. The molecule has 0 aliphatic carbocycles. The van der Waals surface area contributed by atoms with Gasteiger partial charge in [0, 0.05) is 18.8 Å². The second kappa shape index (κ2) is 4.13. The zero-order chi connectivity index (χ0) is 10.8. The van der Waals surface area contributed by atoms with E-state index >= 15 is 0 Å². The smallest absolute Gasteiger partial charge is 0.0820 e. The Balaban J connectivity index is 2.47. The summed E-state index contributed by atoms with van der Waals surface area (Å²) in [6.07, 6.45) is 5.04. The van der Waals surface area contributed by atoms with E-state index in [0.717, 1.165) is 18.4 Å². The molecular weight excluding hydrogens is 176 g/mol. The average Bonchev–Trinajstić information content (AvgIpc) is 2.46. The van der Waals surface area contributed by atoms with Crippen molar-refractivity contribution in [1.29, 1.82) is 0 Å².